The number of aliphatic hydroxyl groups is 1. The van der Waals surface area contributed by atoms with Crippen LogP contribution in [0.2, 0.25) is 0 Å². The SMILES string of the molecule is CC(C)(C)OC(=O)N1CCC2(CC1)C[C@@H](CO)O2. The molecule has 1 atom stereocenters. The van der Waals surface area contributed by atoms with Gasteiger partial charge in [-0.05, 0) is 33.6 Å². The minimum atomic E-state index is -0.443. The van der Waals surface area contributed by atoms with E-state index in [0.717, 1.165) is 19.3 Å². The maximum atomic E-state index is 11.9. The van der Waals surface area contributed by atoms with Crippen molar-refractivity contribution >= 4 is 6.09 Å². The highest BCUT2D eigenvalue weighted by molar-refractivity contribution is 5.68. The molecule has 104 valence electrons. The Hall–Kier alpha value is -0.810. The minimum absolute atomic E-state index is 0.00178. The van der Waals surface area contributed by atoms with E-state index in [2.05, 4.69) is 0 Å². The Kier molecular flexibility index (Phi) is 3.56. The lowest BCUT2D eigenvalue weighted by molar-refractivity contribution is -0.233. The predicted octanol–water partition coefficient (Wildman–Crippen LogP) is 1.54. The van der Waals surface area contributed by atoms with Crippen LogP contribution in [0.3, 0.4) is 0 Å². The van der Waals surface area contributed by atoms with Gasteiger partial charge in [0.1, 0.15) is 5.60 Å². The van der Waals surface area contributed by atoms with E-state index in [-0.39, 0.29) is 24.4 Å². The Morgan fingerprint density at radius 3 is 2.44 bits per heavy atom. The molecule has 0 aliphatic carbocycles. The minimum Gasteiger partial charge on any atom is -0.444 e. The van der Waals surface area contributed by atoms with E-state index in [1.807, 2.05) is 20.8 Å². The van der Waals surface area contributed by atoms with Gasteiger partial charge in [0.15, 0.2) is 0 Å². The molecule has 0 aromatic carbocycles. The van der Waals surface area contributed by atoms with Crippen molar-refractivity contribution < 1.29 is 19.4 Å². The first kappa shape index (κ1) is 13.6. The second-order valence-electron chi connectivity index (χ2n) is 6.28. The van der Waals surface area contributed by atoms with Gasteiger partial charge in [-0.15, -0.1) is 0 Å². The van der Waals surface area contributed by atoms with Crippen LogP contribution in [0.15, 0.2) is 0 Å². The molecule has 2 aliphatic rings. The number of hydrogen-bond donors (Lipinski definition) is 1. The number of nitrogens with zero attached hydrogens (tertiary/aromatic N) is 1. The molecule has 0 aromatic rings. The molecule has 0 saturated carbocycles. The largest absolute Gasteiger partial charge is 0.444 e. The fourth-order valence-electron chi connectivity index (χ4n) is 2.61. The molecule has 2 rings (SSSR count). The summed E-state index contributed by atoms with van der Waals surface area (Å²) in [7, 11) is 0. The van der Waals surface area contributed by atoms with Crippen LogP contribution in [0.25, 0.3) is 0 Å². The van der Waals surface area contributed by atoms with Gasteiger partial charge in [-0.25, -0.2) is 4.79 Å². The predicted molar refractivity (Wildman–Crippen MR) is 66.3 cm³/mol. The number of aliphatic hydroxyl groups excluding tert-OH is 1. The summed E-state index contributed by atoms with van der Waals surface area (Å²) in [5.74, 6) is 0. The lowest BCUT2D eigenvalue weighted by atomic mass is 9.81. The summed E-state index contributed by atoms with van der Waals surface area (Å²) >= 11 is 0. The molecule has 2 saturated heterocycles. The summed E-state index contributed by atoms with van der Waals surface area (Å²) in [6.07, 6.45) is 2.34. The number of carbonyl (C=O) groups is 1. The molecule has 5 heteroatoms. The highest BCUT2D eigenvalue weighted by atomic mass is 16.6. The van der Waals surface area contributed by atoms with E-state index in [4.69, 9.17) is 14.6 Å². The molecule has 2 aliphatic heterocycles. The number of piperidine rings is 1. The maximum absolute atomic E-state index is 11.9. The van der Waals surface area contributed by atoms with Crippen LogP contribution in [0.4, 0.5) is 4.79 Å². The zero-order valence-corrected chi connectivity index (χ0v) is 11.4. The van der Waals surface area contributed by atoms with Gasteiger partial charge in [0.2, 0.25) is 0 Å². The molecule has 0 unspecified atom stereocenters. The lowest BCUT2D eigenvalue weighted by Crippen LogP contribution is -2.58. The van der Waals surface area contributed by atoms with Crippen molar-refractivity contribution in [1.29, 1.82) is 0 Å². The van der Waals surface area contributed by atoms with Crippen LogP contribution in [-0.4, -0.2) is 53.1 Å². The quantitative estimate of drug-likeness (QED) is 0.774. The van der Waals surface area contributed by atoms with Crippen molar-refractivity contribution in [3.63, 3.8) is 0 Å². The Morgan fingerprint density at radius 2 is 2.00 bits per heavy atom. The number of likely N-dealkylation sites (tertiary alicyclic amines) is 1. The highest BCUT2D eigenvalue weighted by Gasteiger charge is 2.47. The molecule has 0 radical (unpaired) electrons. The van der Waals surface area contributed by atoms with Crippen LogP contribution in [-0.2, 0) is 9.47 Å². The van der Waals surface area contributed by atoms with Gasteiger partial charge in [0.05, 0.1) is 18.3 Å². The molecule has 18 heavy (non-hydrogen) atoms. The second-order valence-corrected chi connectivity index (χ2v) is 6.28. The van der Waals surface area contributed by atoms with Crippen LogP contribution < -0.4 is 0 Å². The van der Waals surface area contributed by atoms with E-state index < -0.39 is 5.60 Å². The van der Waals surface area contributed by atoms with E-state index in [0.29, 0.717) is 13.1 Å². The summed E-state index contributed by atoms with van der Waals surface area (Å²) in [6.45, 7) is 7.06. The third-order valence-electron chi connectivity index (χ3n) is 3.55. The Bertz CT molecular complexity index is 307. The molecule has 2 heterocycles. The summed E-state index contributed by atoms with van der Waals surface area (Å²) in [5, 5.41) is 8.96. The molecule has 5 nitrogen and oxygen atoms in total. The molecular weight excluding hydrogens is 234 g/mol. The van der Waals surface area contributed by atoms with Crippen molar-refractivity contribution in [2.75, 3.05) is 19.7 Å². The maximum Gasteiger partial charge on any atom is 0.410 e. The monoisotopic (exact) mass is 257 g/mol. The van der Waals surface area contributed by atoms with Gasteiger partial charge in [0, 0.05) is 19.5 Å². The molecule has 2 fully saturated rings. The summed E-state index contributed by atoms with van der Waals surface area (Å²) in [6, 6.07) is 0. The third kappa shape index (κ3) is 2.95. The van der Waals surface area contributed by atoms with Gasteiger partial charge in [0.25, 0.3) is 0 Å². The van der Waals surface area contributed by atoms with E-state index in [1.54, 1.807) is 4.90 Å². The third-order valence-corrected chi connectivity index (χ3v) is 3.55. The molecular formula is C13H23NO4. The van der Waals surface area contributed by atoms with Crippen LogP contribution >= 0.6 is 0 Å². The van der Waals surface area contributed by atoms with Crippen LogP contribution in [0.1, 0.15) is 40.0 Å². The summed E-state index contributed by atoms with van der Waals surface area (Å²) < 4.78 is 11.1. The first-order valence-corrected chi connectivity index (χ1v) is 6.60. The van der Waals surface area contributed by atoms with Gasteiger partial charge in [-0.3, -0.25) is 0 Å². The smallest absolute Gasteiger partial charge is 0.410 e. The molecule has 1 N–H and O–H groups in total. The first-order valence-electron chi connectivity index (χ1n) is 6.60. The Morgan fingerprint density at radius 1 is 1.44 bits per heavy atom. The van der Waals surface area contributed by atoms with Crippen molar-refractivity contribution in [1.82, 2.24) is 4.90 Å². The van der Waals surface area contributed by atoms with Gasteiger partial charge in [-0.2, -0.15) is 0 Å². The first-order chi connectivity index (χ1) is 8.34. The summed E-state index contributed by atoms with van der Waals surface area (Å²) in [5.41, 5.74) is -0.535. The van der Waals surface area contributed by atoms with Crippen LogP contribution in [0, 0.1) is 0 Å². The topological polar surface area (TPSA) is 59.0 Å². The van der Waals surface area contributed by atoms with Crippen molar-refractivity contribution in [3.05, 3.63) is 0 Å². The average Bonchev–Trinajstić information content (AvgIpc) is 2.23. The average molecular weight is 257 g/mol. The highest BCUT2D eigenvalue weighted by Crippen LogP contribution is 2.41. The number of amides is 1. The fraction of sp³-hybridized carbons (Fsp3) is 0.923. The van der Waals surface area contributed by atoms with Crippen molar-refractivity contribution in [2.45, 2.75) is 57.3 Å². The van der Waals surface area contributed by atoms with Crippen molar-refractivity contribution in [3.8, 4) is 0 Å². The van der Waals surface area contributed by atoms with E-state index >= 15 is 0 Å². The second kappa shape index (κ2) is 4.70. The van der Waals surface area contributed by atoms with E-state index in [9.17, 15) is 4.79 Å². The number of hydrogen-bond acceptors (Lipinski definition) is 4. The Labute approximate surface area is 108 Å². The molecule has 0 aromatic heterocycles. The summed E-state index contributed by atoms with van der Waals surface area (Å²) in [4.78, 5) is 13.6. The van der Waals surface area contributed by atoms with Crippen LogP contribution in [0.5, 0.6) is 0 Å². The molecule has 0 bridgehead atoms. The van der Waals surface area contributed by atoms with E-state index in [1.165, 1.54) is 0 Å². The number of rotatable bonds is 1. The Balaban J connectivity index is 1.79. The number of ether oxygens (including phenoxy) is 2. The van der Waals surface area contributed by atoms with Gasteiger partial charge < -0.3 is 19.5 Å². The standard InChI is InChI=1S/C13H23NO4/c1-12(2,3)18-11(16)14-6-4-13(5-7-14)8-10(9-15)17-13/h10,15H,4-9H2,1-3H3/t10-/m0/s1. The number of carbonyl (C=O) groups excluding carboxylic acids is 1. The zero-order chi connectivity index (χ0) is 13.4. The molecule has 1 amide bonds. The molecule has 1 spiro atoms. The van der Waals surface area contributed by atoms with Gasteiger partial charge in [-0.1, -0.05) is 0 Å². The zero-order valence-electron chi connectivity index (χ0n) is 11.4. The normalized spacial score (nSPS) is 26.9. The van der Waals surface area contributed by atoms with Crippen molar-refractivity contribution in [2.24, 2.45) is 0 Å². The fourth-order valence-corrected chi connectivity index (χ4v) is 2.61. The lowest BCUT2D eigenvalue weighted by Gasteiger charge is -2.51. The van der Waals surface area contributed by atoms with Gasteiger partial charge >= 0.3 is 6.09 Å².